The third kappa shape index (κ3) is 3.64. The molecule has 1 heterocycles. The maximum Gasteiger partial charge on any atom is 0.144 e. The molecule has 0 aliphatic rings. The molecular weight excluding hydrogens is 243 g/mol. The Labute approximate surface area is 112 Å². The summed E-state index contributed by atoms with van der Waals surface area (Å²) in [6, 6.07) is 6.39. The van der Waals surface area contributed by atoms with E-state index in [0.717, 1.165) is 23.7 Å². The van der Waals surface area contributed by atoms with Crippen molar-refractivity contribution in [2.45, 2.75) is 13.5 Å². The van der Waals surface area contributed by atoms with Crippen LogP contribution in [0, 0.1) is 5.82 Å². The van der Waals surface area contributed by atoms with Gasteiger partial charge in [0.05, 0.1) is 24.6 Å². The second kappa shape index (κ2) is 6.13. The van der Waals surface area contributed by atoms with E-state index in [2.05, 4.69) is 15.3 Å². The smallest absolute Gasteiger partial charge is 0.144 e. The van der Waals surface area contributed by atoms with Crippen LogP contribution < -0.4 is 10.2 Å². The van der Waals surface area contributed by atoms with Gasteiger partial charge in [-0.25, -0.2) is 9.37 Å². The number of nitrogens with one attached hydrogen (secondary N) is 1. The zero-order valence-corrected chi connectivity index (χ0v) is 11.1. The van der Waals surface area contributed by atoms with Gasteiger partial charge in [0.1, 0.15) is 11.6 Å². The van der Waals surface area contributed by atoms with Crippen LogP contribution in [0.4, 0.5) is 15.9 Å². The van der Waals surface area contributed by atoms with Crippen molar-refractivity contribution in [3.05, 3.63) is 48.2 Å². The molecule has 4 nitrogen and oxygen atoms in total. The van der Waals surface area contributed by atoms with E-state index >= 15 is 0 Å². The molecule has 0 unspecified atom stereocenters. The molecule has 0 spiro atoms. The Bertz CT molecular complexity index is 510. The van der Waals surface area contributed by atoms with Crippen molar-refractivity contribution in [2.24, 2.45) is 0 Å². The van der Waals surface area contributed by atoms with Crippen LogP contribution in [0.1, 0.15) is 12.6 Å². The highest BCUT2D eigenvalue weighted by molar-refractivity contribution is 5.45. The van der Waals surface area contributed by atoms with Crippen LogP contribution in [0.3, 0.4) is 0 Å². The van der Waals surface area contributed by atoms with Gasteiger partial charge in [0.2, 0.25) is 0 Å². The Hall–Kier alpha value is -2.17. The molecule has 5 heteroatoms. The molecule has 0 aliphatic carbocycles. The maximum absolute atomic E-state index is 12.8. The first-order valence-electron chi connectivity index (χ1n) is 6.20. The molecule has 0 fully saturated rings. The van der Waals surface area contributed by atoms with Crippen LogP contribution in [0.25, 0.3) is 0 Å². The van der Waals surface area contributed by atoms with E-state index in [1.54, 1.807) is 24.5 Å². The first-order valence-corrected chi connectivity index (χ1v) is 6.20. The highest BCUT2D eigenvalue weighted by atomic mass is 19.1. The molecule has 1 aromatic heterocycles. The van der Waals surface area contributed by atoms with Crippen molar-refractivity contribution >= 4 is 11.5 Å². The van der Waals surface area contributed by atoms with Gasteiger partial charge < -0.3 is 10.2 Å². The molecule has 100 valence electrons. The van der Waals surface area contributed by atoms with E-state index in [-0.39, 0.29) is 5.82 Å². The molecular formula is C14H17FN4. The van der Waals surface area contributed by atoms with Gasteiger partial charge in [0.15, 0.2) is 0 Å². The molecule has 2 aromatic rings. The quantitative estimate of drug-likeness (QED) is 0.897. The Morgan fingerprint density at radius 2 is 1.89 bits per heavy atom. The molecule has 0 saturated carbocycles. The summed E-state index contributed by atoms with van der Waals surface area (Å²) in [5.74, 6) is 0.544. The van der Waals surface area contributed by atoms with Gasteiger partial charge >= 0.3 is 0 Å². The molecule has 0 radical (unpaired) electrons. The molecule has 0 amide bonds. The number of rotatable bonds is 5. The zero-order chi connectivity index (χ0) is 13.7. The van der Waals surface area contributed by atoms with Gasteiger partial charge in [-0.05, 0) is 31.2 Å². The van der Waals surface area contributed by atoms with Crippen LogP contribution in [0.5, 0.6) is 0 Å². The summed E-state index contributed by atoms with van der Waals surface area (Å²) < 4.78 is 12.8. The fraction of sp³-hybridized carbons (Fsp3) is 0.286. The largest absolute Gasteiger partial charge is 0.369 e. The minimum atomic E-state index is -0.230. The average molecular weight is 260 g/mol. The topological polar surface area (TPSA) is 41.1 Å². The highest BCUT2D eigenvalue weighted by Gasteiger charge is 2.04. The molecule has 19 heavy (non-hydrogen) atoms. The number of benzene rings is 1. The zero-order valence-electron chi connectivity index (χ0n) is 11.1. The van der Waals surface area contributed by atoms with Gasteiger partial charge in [0, 0.05) is 19.3 Å². The summed E-state index contributed by atoms with van der Waals surface area (Å²) in [5.41, 5.74) is 1.81. The van der Waals surface area contributed by atoms with Gasteiger partial charge in [-0.2, -0.15) is 0 Å². The fourth-order valence-corrected chi connectivity index (χ4v) is 1.74. The molecule has 0 saturated heterocycles. The van der Waals surface area contributed by atoms with E-state index in [1.807, 2.05) is 18.9 Å². The van der Waals surface area contributed by atoms with E-state index in [1.165, 1.54) is 12.1 Å². The Balaban J connectivity index is 2.01. The highest BCUT2D eigenvalue weighted by Crippen LogP contribution is 2.15. The fourth-order valence-electron chi connectivity index (χ4n) is 1.74. The lowest BCUT2D eigenvalue weighted by molar-refractivity contribution is 0.627. The van der Waals surface area contributed by atoms with Crippen molar-refractivity contribution in [3.63, 3.8) is 0 Å². The van der Waals surface area contributed by atoms with E-state index < -0.39 is 0 Å². The Morgan fingerprint density at radius 3 is 2.47 bits per heavy atom. The summed E-state index contributed by atoms with van der Waals surface area (Å²) in [6.07, 6.45) is 3.47. The van der Waals surface area contributed by atoms with Crippen molar-refractivity contribution < 1.29 is 4.39 Å². The van der Waals surface area contributed by atoms with Crippen molar-refractivity contribution in [1.29, 1.82) is 0 Å². The predicted octanol–water partition coefficient (Wildman–Crippen LogP) is 2.68. The number of halogens is 1. The number of aromatic nitrogens is 2. The average Bonchev–Trinajstić information content (AvgIpc) is 2.42. The van der Waals surface area contributed by atoms with E-state index in [9.17, 15) is 4.39 Å². The second-order valence-electron chi connectivity index (χ2n) is 4.26. The molecule has 0 bridgehead atoms. The normalized spacial score (nSPS) is 10.3. The molecule has 1 aromatic carbocycles. The second-order valence-corrected chi connectivity index (χ2v) is 4.26. The Morgan fingerprint density at radius 1 is 1.16 bits per heavy atom. The van der Waals surface area contributed by atoms with Crippen LogP contribution >= 0.6 is 0 Å². The minimum absolute atomic E-state index is 0.230. The SMILES string of the molecule is CCNc1cnc(CN(C)c2ccc(F)cc2)cn1. The lowest BCUT2D eigenvalue weighted by atomic mass is 10.3. The van der Waals surface area contributed by atoms with Gasteiger partial charge in [-0.3, -0.25) is 4.98 Å². The van der Waals surface area contributed by atoms with Crippen molar-refractivity contribution in [3.8, 4) is 0 Å². The number of hydrogen-bond donors (Lipinski definition) is 1. The summed E-state index contributed by atoms with van der Waals surface area (Å²) >= 11 is 0. The lowest BCUT2D eigenvalue weighted by Crippen LogP contribution is -2.17. The van der Waals surface area contributed by atoms with Crippen LogP contribution in [0.15, 0.2) is 36.7 Å². The lowest BCUT2D eigenvalue weighted by Gasteiger charge is -2.18. The summed E-state index contributed by atoms with van der Waals surface area (Å²) in [6.45, 7) is 3.46. The number of anilines is 2. The summed E-state index contributed by atoms with van der Waals surface area (Å²) in [4.78, 5) is 10.6. The minimum Gasteiger partial charge on any atom is -0.369 e. The van der Waals surface area contributed by atoms with E-state index in [4.69, 9.17) is 0 Å². The van der Waals surface area contributed by atoms with Crippen LogP contribution in [-0.2, 0) is 6.54 Å². The van der Waals surface area contributed by atoms with Crippen molar-refractivity contribution in [1.82, 2.24) is 9.97 Å². The third-order valence-electron chi connectivity index (χ3n) is 2.73. The summed E-state index contributed by atoms with van der Waals surface area (Å²) in [5, 5.41) is 3.10. The first-order chi connectivity index (χ1) is 9.19. The van der Waals surface area contributed by atoms with Gasteiger partial charge in [0.25, 0.3) is 0 Å². The maximum atomic E-state index is 12.8. The molecule has 2 rings (SSSR count). The van der Waals surface area contributed by atoms with Crippen LogP contribution in [-0.4, -0.2) is 23.6 Å². The predicted molar refractivity (Wildman–Crippen MR) is 74.7 cm³/mol. The summed E-state index contributed by atoms with van der Waals surface area (Å²) in [7, 11) is 1.94. The molecule has 0 aliphatic heterocycles. The van der Waals surface area contributed by atoms with Gasteiger partial charge in [-0.15, -0.1) is 0 Å². The molecule has 0 atom stereocenters. The molecule has 1 N–H and O–H groups in total. The number of hydrogen-bond acceptors (Lipinski definition) is 4. The van der Waals surface area contributed by atoms with Gasteiger partial charge in [-0.1, -0.05) is 0 Å². The Kier molecular flexibility index (Phi) is 4.28. The monoisotopic (exact) mass is 260 g/mol. The number of nitrogens with zero attached hydrogens (tertiary/aromatic N) is 3. The van der Waals surface area contributed by atoms with E-state index in [0.29, 0.717) is 6.54 Å². The standard InChI is InChI=1S/C14H17FN4/c1-3-16-14-9-17-12(8-18-14)10-19(2)13-6-4-11(15)5-7-13/h4-9H,3,10H2,1-2H3,(H,16,18). The third-order valence-corrected chi connectivity index (χ3v) is 2.73. The van der Waals surface area contributed by atoms with Crippen LogP contribution in [0.2, 0.25) is 0 Å². The first kappa shape index (κ1) is 13.3. The van der Waals surface area contributed by atoms with Crippen molar-refractivity contribution in [2.75, 3.05) is 23.8 Å².